The maximum absolute atomic E-state index is 13.5. The highest BCUT2D eigenvalue weighted by Gasteiger charge is 2.43. The summed E-state index contributed by atoms with van der Waals surface area (Å²) in [6, 6.07) is 9.40. The summed E-state index contributed by atoms with van der Waals surface area (Å²) >= 11 is 1.72. The third kappa shape index (κ3) is 5.33. The highest BCUT2D eigenvalue weighted by molar-refractivity contribution is 7.13. The lowest BCUT2D eigenvalue weighted by atomic mass is 9.91. The molecule has 1 aliphatic heterocycles. The lowest BCUT2D eigenvalue weighted by Gasteiger charge is -2.28. The molecule has 1 aromatic carbocycles. The van der Waals surface area contributed by atoms with E-state index in [1.54, 1.807) is 24.3 Å². The summed E-state index contributed by atoms with van der Waals surface area (Å²) in [5.74, 6) is -0.611. The Bertz CT molecular complexity index is 1210. The molecule has 0 unspecified atom stereocenters. The first-order valence-electron chi connectivity index (χ1n) is 12.0. The average molecular weight is 496 g/mol. The summed E-state index contributed by atoms with van der Waals surface area (Å²) in [5, 5.41) is 19.3. The Balaban J connectivity index is 1.46. The maximum atomic E-state index is 13.5. The van der Waals surface area contributed by atoms with Gasteiger partial charge in [0, 0.05) is 30.5 Å². The van der Waals surface area contributed by atoms with Gasteiger partial charge in [0.25, 0.3) is 0 Å². The van der Waals surface area contributed by atoms with Crippen LogP contribution in [-0.4, -0.2) is 45.7 Å². The molecule has 7 nitrogen and oxygen atoms in total. The van der Waals surface area contributed by atoms with E-state index in [0.29, 0.717) is 18.0 Å². The number of aromatic nitrogens is 1. The molecule has 0 bridgehead atoms. The van der Waals surface area contributed by atoms with Gasteiger partial charge in [0.2, 0.25) is 11.8 Å². The van der Waals surface area contributed by atoms with Gasteiger partial charge in [0.05, 0.1) is 11.8 Å². The summed E-state index contributed by atoms with van der Waals surface area (Å²) in [6.07, 6.45) is -0.526. The Kier molecular flexibility index (Phi) is 7.42. The normalized spacial score (nSPS) is 18.8. The molecule has 3 heterocycles. The fraction of sp³-hybridized carbons (Fsp3) is 0.444. The summed E-state index contributed by atoms with van der Waals surface area (Å²) in [4.78, 5) is 29.4. The number of likely N-dealkylation sites (tertiary alicyclic amines) is 1. The minimum atomic E-state index is -0.742. The fourth-order valence-electron chi connectivity index (χ4n) is 4.75. The van der Waals surface area contributed by atoms with E-state index in [4.69, 9.17) is 4.52 Å². The van der Waals surface area contributed by atoms with Gasteiger partial charge in [-0.3, -0.25) is 9.59 Å². The van der Waals surface area contributed by atoms with E-state index in [1.807, 2.05) is 26.8 Å². The van der Waals surface area contributed by atoms with Crippen molar-refractivity contribution in [1.82, 2.24) is 15.4 Å². The van der Waals surface area contributed by atoms with E-state index in [0.717, 1.165) is 11.1 Å². The number of carbonyl (C=O) groups is 2. The van der Waals surface area contributed by atoms with Gasteiger partial charge in [-0.15, -0.1) is 11.3 Å². The van der Waals surface area contributed by atoms with Crippen molar-refractivity contribution < 1.29 is 19.2 Å². The van der Waals surface area contributed by atoms with Gasteiger partial charge in [-0.2, -0.15) is 0 Å². The molecule has 4 rings (SSSR count). The monoisotopic (exact) mass is 495 g/mol. The summed E-state index contributed by atoms with van der Waals surface area (Å²) in [6.45, 7) is 10.3. The number of amides is 2. The predicted octanol–water partition coefficient (Wildman–Crippen LogP) is 4.35. The molecule has 0 spiro atoms. The van der Waals surface area contributed by atoms with Crippen LogP contribution in [0.1, 0.15) is 54.3 Å². The Morgan fingerprint density at radius 2 is 1.97 bits per heavy atom. The van der Waals surface area contributed by atoms with Crippen LogP contribution in [0.15, 0.2) is 40.2 Å². The Hall–Kier alpha value is -2.97. The number of aliphatic hydroxyl groups is 1. The Labute approximate surface area is 210 Å². The van der Waals surface area contributed by atoms with Gasteiger partial charge in [-0.1, -0.05) is 37.2 Å². The van der Waals surface area contributed by atoms with Crippen LogP contribution in [0.4, 0.5) is 0 Å². The van der Waals surface area contributed by atoms with Gasteiger partial charge < -0.3 is 19.8 Å². The molecule has 1 aliphatic rings. The molecule has 1 saturated heterocycles. The van der Waals surface area contributed by atoms with Gasteiger partial charge in [0.1, 0.15) is 17.7 Å². The van der Waals surface area contributed by atoms with Crippen LogP contribution in [0, 0.1) is 26.7 Å². The van der Waals surface area contributed by atoms with Crippen LogP contribution >= 0.6 is 11.3 Å². The number of aliphatic hydroxyl groups excluding tert-OH is 1. The third-order valence-electron chi connectivity index (χ3n) is 6.67. The first-order valence-corrected chi connectivity index (χ1v) is 12.9. The maximum Gasteiger partial charge on any atom is 0.243 e. The minimum Gasteiger partial charge on any atom is -0.391 e. The molecule has 1 fully saturated rings. The van der Waals surface area contributed by atoms with E-state index < -0.39 is 18.1 Å². The Morgan fingerprint density at radius 1 is 1.20 bits per heavy atom. The van der Waals surface area contributed by atoms with E-state index in [-0.39, 0.29) is 30.7 Å². The molecule has 0 aliphatic carbocycles. The number of benzene rings is 1. The lowest BCUT2D eigenvalue weighted by Crippen LogP contribution is -2.48. The second kappa shape index (κ2) is 10.3. The number of nitrogens with zero attached hydrogens (tertiary/aromatic N) is 2. The lowest BCUT2D eigenvalue weighted by molar-refractivity contribution is -0.141. The first kappa shape index (κ1) is 25.1. The van der Waals surface area contributed by atoms with E-state index in [9.17, 15) is 14.7 Å². The van der Waals surface area contributed by atoms with Crippen molar-refractivity contribution in [1.29, 1.82) is 0 Å². The quantitative estimate of drug-likeness (QED) is 0.508. The van der Waals surface area contributed by atoms with Crippen LogP contribution in [-0.2, 0) is 16.1 Å². The van der Waals surface area contributed by atoms with Gasteiger partial charge >= 0.3 is 0 Å². The topological polar surface area (TPSA) is 95.7 Å². The zero-order valence-corrected chi connectivity index (χ0v) is 21.7. The predicted molar refractivity (Wildman–Crippen MR) is 136 cm³/mol. The minimum absolute atomic E-state index is 0.0514. The molecule has 2 aromatic heterocycles. The number of aryl methyl sites for hydroxylation is 3. The molecular formula is C27H33N3O4S. The number of nitrogens with one attached hydrogen (secondary N) is 1. The second-order valence-corrected chi connectivity index (χ2v) is 10.7. The number of hydrogen-bond donors (Lipinski definition) is 2. The van der Waals surface area contributed by atoms with Crippen molar-refractivity contribution in [3.05, 3.63) is 63.9 Å². The number of thiophene rings is 1. The van der Waals surface area contributed by atoms with Crippen LogP contribution in [0.2, 0.25) is 0 Å². The van der Waals surface area contributed by atoms with Crippen molar-refractivity contribution >= 4 is 23.2 Å². The number of carbonyl (C=O) groups excluding carboxylic acids is 2. The molecule has 3 aromatic rings. The fourth-order valence-corrected chi connectivity index (χ4v) is 5.68. The van der Waals surface area contributed by atoms with E-state index >= 15 is 0 Å². The highest BCUT2D eigenvalue weighted by atomic mass is 32.1. The molecule has 0 saturated carbocycles. The SMILES string of the molecule is Cc1cc([C@H](C(=O)N2C[C@H](O)C[C@H]2C(=O)NCc2ccc(-c3sccc3C)cc2C)C(C)C)on1. The van der Waals surface area contributed by atoms with Crippen molar-refractivity contribution in [2.45, 2.75) is 65.6 Å². The molecule has 3 atom stereocenters. The summed E-state index contributed by atoms with van der Waals surface area (Å²) in [7, 11) is 0. The second-order valence-electron chi connectivity index (χ2n) is 9.78. The van der Waals surface area contributed by atoms with Crippen molar-refractivity contribution in [3.63, 3.8) is 0 Å². The average Bonchev–Trinajstić information content (AvgIpc) is 3.52. The van der Waals surface area contributed by atoms with Gasteiger partial charge in [0.15, 0.2) is 0 Å². The standard InChI is InChI=1S/C27H33N3O4S/c1-15(2)24(23-11-18(5)29-34-23)27(33)30-14-21(31)12-22(30)26(32)28-13-20-7-6-19(10-17(20)4)25-16(3)8-9-35-25/h6-11,15,21-22,24,31H,12-14H2,1-5H3,(H,28,32)/t21-,22+,24-/m1/s1. The molecular weight excluding hydrogens is 462 g/mol. The molecule has 8 heteroatoms. The number of β-amino-alcohol motifs (C(OH)–C–C–N with tert-alkyl or cyclic N) is 1. The summed E-state index contributed by atoms with van der Waals surface area (Å²) < 4.78 is 5.39. The van der Waals surface area contributed by atoms with Gasteiger partial charge in [-0.05, 0) is 60.4 Å². The number of hydrogen-bond acceptors (Lipinski definition) is 6. The zero-order valence-electron chi connectivity index (χ0n) is 20.9. The molecule has 186 valence electrons. The summed E-state index contributed by atoms with van der Waals surface area (Å²) in [5.41, 5.74) is 5.23. The molecule has 0 radical (unpaired) electrons. The van der Waals surface area contributed by atoms with Gasteiger partial charge in [-0.25, -0.2) is 0 Å². The molecule has 2 N–H and O–H groups in total. The molecule has 2 amide bonds. The van der Waals surface area contributed by atoms with Crippen molar-refractivity contribution in [3.8, 4) is 10.4 Å². The van der Waals surface area contributed by atoms with Crippen LogP contribution < -0.4 is 5.32 Å². The van der Waals surface area contributed by atoms with Crippen molar-refractivity contribution in [2.75, 3.05) is 6.54 Å². The largest absolute Gasteiger partial charge is 0.391 e. The van der Waals surface area contributed by atoms with Crippen molar-refractivity contribution in [2.24, 2.45) is 5.92 Å². The zero-order chi connectivity index (χ0) is 25.3. The third-order valence-corrected chi connectivity index (χ3v) is 7.74. The smallest absolute Gasteiger partial charge is 0.243 e. The van der Waals surface area contributed by atoms with E-state index in [1.165, 1.54) is 20.9 Å². The van der Waals surface area contributed by atoms with Crippen LogP contribution in [0.25, 0.3) is 10.4 Å². The van der Waals surface area contributed by atoms with E-state index in [2.05, 4.69) is 41.0 Å². The first-order chi connectivity index (χ1) is 16.7. The number of rotatable bonds is 7. The Morgan fingerprint density at radius 3 is 2.57 bits per heavy atom. The highest BCUT2D eigenvalue weighted by Crippen LogP contribution is 2.32. The van der Waals surface area contributed by atoms with Crippen LogP contribution in [0.5, 0.6) is 0 Å². The van der Waals surface area contributed by atoms with Crippen LogP contribution in [0.3, 0.4) is 0 Å². The molecule has 35 heavy (non-hydrogen) atoms.